The average Bonchev–Trinajstić information content (AvgIpc) is 3.01. The van der Waals surface area contributed by atoms with Crippen molar-refractivity contribution in [1.29, 1.82) is 0 Å². The maximum Gasteiger partial charge on any atom is 0.333 e. The molecule has 0 aromatic heterocycles. The van der Waals surface area contributed by atoms with E-state index < -0.39 is 11.9 Å². The topological polar surface area (TPSA) is 67.6 Å². The monoisotopic (exact) mass is 459 g/mol. The molecule has 176 valence electrons. The number of benzene rings is 2. The summed E-state index contributed by atoms with van der Waals surface area (Å²) >= 11 is 0. The quantitative estimate of drug-likeness (QED) is 0.248. The normalized spacial score (nSPS) is 14.4. The third-order valence-electron chi connectivity index (χ3n) is 5.66. The smallest absolute Gasteiger partial charge is 0.333 e. The van der Waals surface area contributed by atoms with Gasteiger partial charge in [-0.2, -0.15) is 4.58 Å². The first kappa shape index (κ1) is 24.7. The second kappa shape index (κ2) is 10.8. The zero-order valence-corrected chi connectivity index (χ0v) is 20.1. The van der Waals surface area contributed by atoms with Crippen LogP contribution < -0.4 is 5.32 Å². The highest BCUT2D eigenvalue weighted by molar-refractivity contribution is 6.03. The molecule has 1 heterocycles. The van der Waals surface area contributed by atoms with Gasteiger partial charge in [0.1, 0.15) is 20.3 Å². The van der Waals surface area contributed by atoms with Crippen molar-refractivity contribution >= 4 is 35.1 Å². The summed E-state index contributed by atoms with van der Waals surface area (Å²) in [6, 6.07) is 16.2. The molecule has 2 aromatic carbocycles. The Morgan fingerprint density at radius 1 is 1.03 bits per heavy atom. The van der Waals surface area contributed by atoms with Crippen molar-refractivity contribution in [3.63, 3.8) is 0 Å². The molecule has 34 heavy (non-hydrogen) atoms. The van der Waals surface area contributed by atoms with Crippen LogP contribution in [0.3, 0.4) is 0 Å². The van der Waals surface area contributed by atoms with Crippen molar-refractivity contribution in [3.8, 4) is 0 Å². The van der Waals surface area contributed by atoms with Gasteiger partial charge in [-0.15, -0.1) is 0 Å². The third-order valence-corrected chi connectivity index (χ3v) is 5.66. The van der Waals surface area contributed by atoms with Crippen LogP contribution in [0.2, 0.25) is 0 Å². The van der Waals surface area contributed by atoms with E-state index in [1.165, 1.54) is 23.0 Å². The highest BCUT2D eigenvalue weighted by Crippen LogP contribution is 2.38. The number of carbonyl (C=O) groups is 2. The van der Waals surface area contributed by atoms with E-state index in [4.69, 9.17) is 9.47 Å². The molecule has 0 amide bonds. The molecule has 3 rings (SSSR count). The third kappa shape index (κ3) is 5.90. The molecule has 0 aliphatic carbocycles. The number of nitrogens with zero attached hydrogens (tertiary/aromatic N) is 1. The van der Waals surface area contributed by atoms with Gasteiger partial charge in [-0.25, -0.2) is 9.59 Å². The zero-order chi connectivity index (χ0) is 24.7. The average molecular weight is 460 g/mol. The van der Waals surface area contributed by atoms with Crippen LogP contribution in [-0.4, -0.2) is 42.5 Å². The van der Waals surface area contributed by atoms with Crippen LogP contribution in [-0.2, 0) is 24.5 Å². The minimum atomic E-state index is -0.502. The molecule has 0 saturated heterocycles. The Morgan fingerprint density at radius 2 is 1.71 bits per heavy atom. The molecular weight excluding hydrogens is 428 g/mol. The summed E-state index contributed by atoms with van der Waals surface area (Å²) in [4.78, 5) is 23.1. The largest absolute Gasteiger partial charge is 0.459 e. The fraction of sp³-hybridized carbons (Fsp3) is 0.250. The van der Waals surface area contributed by atoms with Crippen LogP contribution in [0.25, 0.3) is 6.08 Å². The number of allylic oxidation sites excluding steroid dienone is 1. The van der Waals surface area contributed by atoms with Crippen molar-refractivity contribution in [1.82, 2.24) is 0 Å². The lowest BCUT2D eigenvalue weighted by atomic mass is 9.81. The molecule has 1 aliphatic rings. The van der Waals surface area contributed by atoms with Gasteiger partial charge >= 0.3 is 11.9 Å². The van der Waals surface area contributed by atoms with Gasteiger partial charge in [-0.05, 0) is 44.5 Å². The predicted octanol–water partition coefficient (Wildman–Crippen LogP) is 4.99. The molecule has 6 heteroatoms. The van der Waals surface area contributed by atoms with Crippen molar-refractivity contribution < 1.29 is 23.6 Å². The number of ether oxygens (including phenoxy) is 2. The summed E-state index contributed by atoms with van der Waals surface area (Å²) in [5.41, 5.74) is 5.80. The summed E-state index contributed by atoms with van der Waals surface area (Å²) < 4.78 is 12.1. The highest BCUT2D eigenvalue weighted by atomic mass is 16.6. The van der Waals surface area contributed by atoms with E-state index in [-0.39, 0.29) is 18.6 Å². The lowest BCUT2D eigenvalue weighted by Gasteiger charge is -2.15. The number of fused-ring (bicyclic) bond motifs is 1. The molecule has 1 aliphatic heterocycles. The van der Waals surface area contributed by atoms with Crippen LogP contribution in [0.5, 0.6) is 0 Å². The minimum Gasteiger partial charge on any atom is -0.459 e. The molecule has 6 nitrogen and oxygen atoms in total. The number of hydrogen-bond donors (Lipinski definition) is 1. The Labute approximate surface area is 200 Å². The van der Waals surface area contributed by atoms with E-state index in [1.54, 1.807) is 13.0 Å². The summed E-state index contributed by atoms with van der Waals surface area (Å²) in [5, 5.41) is 3.31. The lowest BCUT2D eigenvalue weighted by molar-refractivity contribution is -0.401. The summed E-state index contributed by atoms with van der Waals surface area (Å²) in [6.45, 7) is 9.50. The molecule has 0 bridgehead atoms. The maximum absolute atomic E-state index is 11.8. The first-order valence-electron chi connectivity index (χ1n) is 11.1. The second-order valence-corrected chi connectivity index (χ2v) is 8.60. The summed E-state index contributed by atoms with van der Waals surface area (Å²) in [5.74, 6) is -1.00. The van der Waals surface area contributed by atoms with Crippen molar-refractivity contribution in [3.05, 3.63) is 90.2 Å². The maximum atomic E-state index is 11.8. The number of hydrogen-bond acceptors (Lipinski definition) is 5. The molecule has 2 aromatic rings. The number of para-hydroxylation sites is 1. The SMILES string of the molecule is C=C(C)C(=O)OCCOC(=O)/C=C/c1ccc(N/C=C/C2=[N+](C)c3ccccc3C2(C)C)cc1. The molecule has 0 unspecified atom stereocenters. The Balaban J connectivity index is 1.50. The second-order valence-electron chi connectivity index (χ2n) is 8.60. The molecule has 0 atom stereocenters. The van der Waals surface area contributed by atoms with Gasteiger partial charge in [-0.3, -0.25) is 0 Å². The van der Waals surface area contributed by atoms with E-state index in [1.807, 2.05) is 30.5 Å². The number of carbonyl (C=O) groups excluding carboxylic acids is 2. The first-order chi connectivity index (χ1) is 16.2. The Kier molecular flexibility index (Phi) is 7.84. The van der Waals surface area contributed by atoms with Gasteiger partial charge in [0, 0.05) is 41.2 Å². The van der Waals surface area contributed by atoms with Crippen molar-refractivity contribution in [2.24, 2.45) is 0 Å². The summed E-state index contributed by atoms with van der Waals surface area (Å²) in [6.07, 6.45) is 7.07. The standard InChI is InChI=1S/C28H30N2O4/c1-20(2)27(32)34-19-18-33-26(31)15-12-21-10-13-22(14-11-21)29-17-16-25-28(3,4)23-8-6-7-9-24(23)30(25)5/h6-17H,1,18-19H2,2-5H3/p+1/b15-12+. The predicted molar refractivity (Wildman–Crippen MR) is 135 cm³/mol. The Hall–Kier alpha value is -3.93. The molecule has 1 N–H and O–H groups in total. The van der Waals surface area contributed by atoms with Gasteiger partial charge in [-0.1, -0.05) is 36.9 Å². The lowest BCUT2D eigenvalue weighted by Crippen LogP contribution is -2.26. The van der Waals surface area contributed by atoms with Crippen LogP contribution in [0, 0.1) is 0 Å². The van der Waals surface area contributed by atoms with Crippen molar-refractivity contribution in [2.75, 3.05) is 25.6 Å². The van der Waals surface area contributed by atoms with Crippen LogP contribution in [0.4, 0.5) is 11.4 Å². The molecule has 0 radical (unpaired) electrons. The van der Waals surface area contributed by atoms with Gasteiger partial charge in [0.15, 0.2) is 5.71 Å². The van der Waals surface area contributed by atoms with Gasteiger partial charge in [0.05, 0.1) is 5.41 Å². The fourth-order valence-electron chi connectivity index (χ4n) is 3.82. The van der Waals surface area contributed by atoms with Crippen LogP contribution in [0.1, 0.15) is 31.9 Å². The van der Waals surface area contributed by atoms with E-state index in [0.29, 0.717) is 5.57 Å². The van der Waals surface area contributed by atoms with Gasteiger partial charge < -0.3 is 14.8 Å². The summed E-state index contributed by atoms with van der Waals surface area (Å²) in [7, 11) is 2.09. The Morgan fingerprint density at radius 3 is 2.38 bits per heavy atom. The highest BCUT2D eigenvalue weighted by Gasteiger charge is 2.42. The number of esters is 2. The van der Waals surface area contributed by atoms with Gasteiger partial charge in [0.25, 0.3) is 0 Å². The van der Waals surface area contributed by atoms with Crippen LogP contribution >= 0.6 is 0 Å². The number of anilines is 1. The van der Waals surface area contributed by atoms with Crippen LogP contribution in [0.15, 0.2) is 79.0 Å². The van der Waals surface area contributed by atoms with E-state index in [2.05, 4.69) is 67.7 Å². The van der Waals surface area contributed by atoms with E-state index in [9.17, 15) is 9.59 Å². The van der Waals surface area contributed by atoms with E-state index >= 15 is 0 Å². The fourth-order valence-corrected chi connectivity index (χ4v) is 3.82. The molecule has 0 spiro atoms. The van der Waals surface area contributed by atoms with Crippen molar-refractivity contribution in [2.45, 2.75) is 26.2 Å². The molecule has 0 fully saturated rings. The Bertz CT molecular complexity index is 1170. The van der Waals surface area contributed by atoms with E-state index in [0.717, 1.165) is 11.3 Å². The number of rotatable bonds is 9. The molecular formula is C28H31N2O4+. The molecule has 0 saturated carbocycles. The number of nitrogens with one attached hydrogen (secondary N) is 1. The minimum absolute atomic E-state index is 0.00262. The first-order valence-corrected chi connectivity index (χ1v) is 11.1. The van der Waals surface area contributed by atoms with Gasteiger partial charge in [0.2, 0.25) is 5.69 Å². The zero-order valence-electron chi connectivity index (χ0n) is 20.1.